The van der Waals surface area contributed by atoms with Crippen molar-refractivity contribution in [2.45, 2.75) is 0 Å². The van der Waals surface area contributed by atoms with E-state index in [9.17, 15) is 14.0 Å². The SMILES string of the molecule is O=C(CN1CCN(c2ccccc2F)C1=O)Nc1cccc(Cl)c1Cl. The van der Waals surface area contributed by atoms with Crippen molar-refractivity contribution >= 4 is 46.5 Å². The van der Waals surface area contributed by atoms with Gasteiger partial charge in [0.15, 0.2) is 0 Å². The minimum absolute atomic E-state index is 0.160. The Bertz CT molecular complexity index is 831. The molecule has 3 amide bonds. The lowest BCUT2D eigenvalue weighted by Gasteiger charge is -2.19. The second kappa shape index (κ2) is 7.29. The molecule has 8 heteroatoms. The van der Waals surface area contributed by atoms with Gasteiger partial charge in [0.1, 0.15) is 12.4 Å². The standard InChI is InChI=1S/C17H14Cl2FN3O2/c18-11-4-3-6-13(16(11)19)21-15(24)10-22-8-9-23(17(22)25)14-7-2-1-5-12(14)20/h1-7H,8-10H2,(H,21,24). The van der Waals surface area contributed by atoms with Crippen LogP contribution in [0.4, 0.5) is 20.6 Å². The third-order valence-corrected chi connectivity index (χ3v) is 4.62. The molecule has 2 aromatic carbocycles. The third-order valence-electron chi connectivity index (χ3n) is 3.80. The summed E-state index contributed by atoms with van der Waals surface area (Å²) in [4.78, 5) is 27.3. The van der Waals surface area contributed by atoms with Gasteiger partial charge in [-0.25, -0.2) is 9.18 Å². The van der Waals surface area contributed by atoms with E-state index in [1.54, 1.807) is 30.3 Å². The Kier molecular flexibility index (Phi) is 5.11. The Hall–Kier alpha value is -2.31. The molecule has 1 heterocycles. The van der Waals surface area contributed by atoms with Gasteiger partial charge in [-0.05, 0) is 24.3 Å². The Labute approximate surface area is 153 Å². The molecule has 1 fully saturated rings. The van der Waals surface area contributed by atoms with Gasteiger partial charge in [-0.15, -0.1) is 0 Å². The van der Waals surface area contributed by atoms with Gasteiger partial charge in [0.2, 0.25) is 5.91 Å². The molecule has 0 spiro atoms. The molecule has 5 nitrogen and oxygen atoms in total. The number of carbonyl (C=O) groups excluding carboxylic acids is 2. The van der Waals surface area contributed by atoms with Crippen LogP contribution in [0.1, 0.15) is 0 Å². The normalized spacial score (nSPS) is 14.1. The zero-order chi connectivity index (χ0) is 18.0. The highest BCUT2D eigenvalue weighted by Gasteiger charge is 2.32. The molecule has 1 aliphatic rings. The van der Waals surface area contributed by atoms with Gasteiger partial charge in [0.25, 0.3) is 0 Å². The number of para-hydroxylation sites is 1. The van der Waals surface area contributed by atoms with E-state index in [2.05, 4.69) is 5.32 Å². The molecule has 0 aliphatic carbocycles. The minimum Gasteiger partial charge on any atom is -0.323 e. The molecule has 25 heavy (non-hydrogen) atoms. The molecule has 0 atom stereocenters. The van der Waals surface area contributed by atoms with Crippen LogP contribution in [0, 0.1) is 5.82 Å². The monoisotopic (exact) mass is 381 g/mol. The quantitative estimate of drug-likeness (QED) is 0.869. The van der Waals surface area contributed by atoms with Gasteiger partial charge in [0, 0.05) is 13.1 Å². The lowest BCUT2D eigenvalue weighted by molar-refractivity contribution is -0.116. The molecule has 0 bridgehead atoms. The zero-order valence-electron chi connectivity index (χ0n) is 13.0. The van der Waals surface area contributed by atoms with Crippen LogP contribution in [0.3, 0.4) is 0 Å². The molecule has 2 aromatic rings. The van der Waals surface area contributed by atoms with Gasteiger partial charge in [-0.3, -0.25) is 9.69 Å². The number of hydrogen-bond donors (Lipinski definition) is 1. The molecule has 1 N–H and O–H groups in total. The number of hydrogen-bond acceptors (Lipinski definition) is 2. The van der Waals surface area contributed by atoms with E-state index >= 15 is 0 Å². The number of rotatable bonds is 4. The van der Waals surface area contributed by atoms with Crippen molar-refractivity contribution < 1.29 is 14.0 Å². The number of benzene rings is 2. The van der Waals surface area contributed by atoms with Crippen molar-refractivity contribution in [3.05, 3.63) is 58.3 Å². The lowest BCUT2D eigenvalue weighted by atomic mass is 10.3. The van der Waals surface area contributed by atoms with E-state index in [1.165, 1.54) is 21.9 Å². The fraction of sp³-hybridized carbons (Fsp3) is 0.176. The molecule has 0 saturated carbocycles. The first kappa shape index (κ1) is 17.5. The topological polar surface area (TPSA) is 52.7 Å². The summed E-state index contributed by atoms with van der Waals surface area (Å²) in [5.41, 5.74) is 0.574. The van der Waals surface area contributed by atoms with E-state index in [-0.39, 0.29) is 17.3 Å². The first-order valence-electron chi connectivity index (χ1n) is 7.52. The van der Waals surface area contributed by atoms with Gasteiger partial charge in [0.05, 0.1) is 21.4 Å². The Morgan fingerprint density at radius 2 is 1.88 bits per heavy atom. The maximum Gasteiger partial charge on any atom is 0.325 e. The van der Waals surface area contributed by atoms with E-state index in [1.807, 2.05) is 0 Å². The van der Waals surface area contributed by atoms with Crippen molar-refractivity contribution in [3.8, 4) is 0 Å². The molecule has 3 rings (SSSR count). The number of halogens is 3. The van der Waals surface area contributed by atoms with E-state index in [0.29, 0.717) is 23.8 Å². The molecular weight excluding hydrogens is 368 g/mol. The van der Waals surface area contributed by atoms with Gasteiger partial charge in [-0.2, -0.15) is 0 Å². The predicted molar refractivity (Wildman–Crippen MR) is 95.8 cm³/mol. The largest absolute Gasteiger partial charge is 0.325 e. The summed E-state index contributed by atoms with van der Waals surface area (Å²) in [5.74, 6) is -0.888. The number of nitrogens with zero attached hydrogens (tertiary/aromatic N) is 2. The first-order chi connectivity index (χ1) is 12.0. The molecular formula is C17H14Cl2FN3O2. The second-order valence-electron chi connectivity index (χ2n) is 5.46. The van der Waals surface area contributed by atoms with E-state index in [0.717, 1.165) is 0 Å². The fourth-order valence-electron chi connectivity index (χ4n) is 2.59. The van der Waals surface area contributed by atoms with Crippen molar-refractivity contribution in [2.75, 3.05) is 29.9 Å². The van der Waals surface area contributed by atoms with Crippen molar-refractivity contribution in [1.29, 1.82) is 0 Å². The summed E-state index contributed by atoms with van der Waals surface area (Å²) in [5, 5.41) is 3.18. The highest BCUT2D eigenvalue weighted by molar-refractivity contribution is 6.44. The minimum atomic E-state index is -0.479. The molecule has 0 radical (unpaired) electrons. The van der Waals surface area contributed by atoms with Crippen LogP contribution in [-0.2, 0) is 4.79 Å². The van der Waals surface area contributed by atoms with Crippen molar-refractivity contribution in [3.63, 3.8) is 0 Å². The summed E-state index contributed by atoms with van der Waals surface area (Å²) in [6.45, 7) is 0.474. The van der Waals surface area contributed by atoms with Crippen LogP contribution in [0.25, 0.3) is 0 Å². The van der Waals surface area contributed by atoms with Gasteiger partial charge in [-0.1, -0.05) is 41.4 Å². The maximum absolute atomic E-state index is 13.9. The molecule has 1 aliphatic heterocycles. The second-order valence-corrected chi connectivity index (χ2v) is 6.24. The lowest BCUT2D eigenvalue weighted by Crippen LogP contribution is -2.37. The molecule has 0 aromatic heterocycles. The zero-order valence-corrected chi connectivity index (χ0v) is 14.5. The highest BCUT2D eigenvalue weighted by Crippen LogP contribution is 2.29. The first-order valence-corrected chi connectivity index (χ1v) is 8.28. The van der Waals surface area contributed by atoms with Crippen LogP contribution < -0.4 is 10.2 Å². The third kappa shape index (κ3) is 3.70. The number of urea groups is 1. The molecule has 130 valence electrons. The number of amides is 3. The van der Waals surface area contributed by atoms with Crippen LogP contribution in [0.5, 0.6) is 0 Å². The predicted octanol–water partition coefficient (Wildman–Crippen LogP) is 4.01. The number of carbonyl (C=O) groups is 2. The average Bonchev–Trinajstić information content (AvgIpc) is 2.93. The summed E-state index contributed by atoms with van der Waals surface area (Å²) < 4.78 is 13.9. The van der Waals surface area contributed by atoms with E-state index < -0.39 is 17.8 Å². The number of anilines is 2. The fourth-order valence-corrected chi connectivity index (χ4v) is 2.93. The summed E-state index contributed by atoms with van der Waals surface area (Å²) in [6, 6.07) is 10.5. The Morgan fingerprint density at radius 3 is 2.64 bits per heavy atom. The summed E-state index contributed by atoms with van der Waals surface area (Å²) in [6.07, 6.45) is 0. The molecule has 0 unspecified atom stereocenters. The van der Waals surface area contributed by atoms with Crippen LogP contribution >= 0.6 is 23.2 Å². The van der Waals surface area contributed by atoms with Crippen LogP contribution in [-0.4, -0.2) is 36.5 Å². The maximum atomic E-state index is 13.9. The Balaban J connectivity index is 1.66. The van der Waals surface area contributed by atoms with E-state index in [4.69, 9.17) is 23.2 Å². The van der Waals surface area contributed by atoms with Crippen molar-refractivity contribution in [2.24, 2.45) is 0 Å². The van der Waals surface area contributed by atoms with Crippen molar-refractivity contribution in [1.82, 2.24) is 4.90 Å². The average molecular weight is 382 g/mol. The Morgan fingerprint density at radius 1 is 1.12 bits per heavy atom. The summed E-state index contributed by atoms with van der Waals surface area (Å²) in [7, 11) is 0. The highest BCUT2D eigenvalue weighted by atomic mass is 35.5. The van der Waals surface area contributed by atoms with Crippen LogP contribution in [0.15, 0.2) is 42.5 Å². The molecule has 1 saturated heterocycles. The number of nitrogens with one attached hydrogen (secondary N) is 1. The van der Waals surface area contributed by atoms with Crippen LogP contribution in [0.2, 0.25) is 10.0 Å². The smallest absolute Gasteiger partial charge is 0.323 e. The summed E-state index contributed by atoms with van der Waals surface area (Å²) >= 11 is 11.9. The van der Waals surface area contributed by atoms with Gasteiger partial charge >= 0.3 is 6.03 Å². The van der Waals surface area contributed by atoms with Gasteiger partial charge < -0.3 is 10.2 Å².